The maximum Gasteiger partial charge on any atom is 0.160 e. The van der Waals surface area contributed by atoms with Crippen molar-refractivity contribution in [2.24, 2.45) is 5.92 Å². The number of hydrogen-bond donors (Lipinski definition) is 0. The third-order valence-corrected chi connectivity index (χ3v) is 2.82. The van der Waals surface area contributed by atoms with Crippen LogP contribution in [0.5, 0.6) is 0 Å². The van der Waals surface area contributed by atoms with E-state index < -0.39 is 0 Å². The zero-order valence-corrected chi connectivity index (χ0v) is 8.24. The minimum atomic E-state index is 0.166. The SMILES string of the molecule is C=C(C)C1CC(=O)C(C)=C(Cl)C1. The molecule has 0 N–H and O–H groups in total. The Labute approximate surface area is 78.1 Å². The van der Waals surface area contributed by atoms with Crippen molar-refractivity contribution in [1.82, 2.24) is 0 Å². The van der Waals surface area contributed by atoms with Gasteiger partial charge in [-0.3, -0.25) is 4.79 Å². The maximum absolute atomic E-state index is 11.3. The first-order valence-corrected chi connectivity index (χ1v) is 4.44. The standard InChI is InChI=1S/C10H13ClO/c1-6(2)8-4-9(11)7(3)10(12)5-8/h8H,1,4-5H2,2-3H3. The minimum Gasteiger partial charge on any atom is -0.294 e. The van der Waals surface area contributed by atoms with Gasteiger partial charge in [0.2, 0.25) is 0 Å². The summed E-state index contributed by atoms with van der Waals surface area (Å²) in [5.74, 6) is 0.424. The van der Waals surface area contributed by atoms with Crippen LogP contribution in [-0.2, 0) is 4.79 Å². The number of allylic oxidation sites excluding steroid dienone is 3. The van der Waals surface area contributed by atoms with Gasteiger partial charge in [-0.05, 0) is 26.2 Å². The first kappa shape index (κ1) is 9.53. The van der Waals surface area contributed by atoms with Crippen LogP contribution in [0.2, 0.25) is 0 Å². The number of carbonyl (C=O) groups excluding carboxylic acids is 1. The Morgan fingerprint density at radius 1 is 1.58 bits per heavy atom. The Bertz CT molecular complexity index is 263. The highest BCUT2D eigenvalue weighted by atomic mass is 35.5. The molecule has 0 saturated heterocycles. The van der Waals surface area contributed by atoms with Gasteiger partial charge in [0, 0.05) is 17.0 Å². The molecule has 0 amide bonds. The monoisotopic (exact) mass is 184 g/mol. The number of rotatable bonds is 1. The molecule has 0 bridgehead atoms. The lowest BCUT2D eigenvalue weighted by molar-refractivity contribution is -0.116. The summed E-state index contributed by atoms with van der Waals surface area (Å²) in [5, 5.41) is 0.708. The Kier molecular flexibility index (Phi) is 2.73. The molecule has 0 saturated carbocycles. The molecule has 0 radical (unpaired) electrons. The van der Waals surface area contributed by atoms with Crippen molar-refractivity contribution >= 4 is 17.4 Å². The summed E-state index contributed by atoms with van der Waals surface area (Å²) in [6.45, 7) is 7.58. The van der Waals surface area contributed by atoms with Gasteiger partial charge in [-0.2, -0.15) is 0 Å². The summed E-state index contributed by atoms with van der Waals surface area (Å²) in [4.78, 5) is 11.3. The predicted molar refractivity (Wildman–Crippen MR) is 51.1 cm³/mol. The third kappa shape index (κ3) is 1.78. The lowest BCUT2D eigenvalue weighted by Crippen LogP contribution is -2.16. The fourth-order valence-electron chi connectivity index (χ4n) is 1.32. The summed E-state index contributed by atoms with van der Waals surface area (Å²) >= 11 is 5.92. The van der Waals surface area contributed by atoms with E-state index in [1.807, 2.05) is 6.92 Å². The van der Waals surface area contributed by atoms with Gasteiger partial charge in [0.05, 0.1) is 0 Å². The van der Waals surface area contributed by atoms with Crippen LogP contribution < -0.4 is 0 Å². The predicted octanol–water partition coefficient (Wildman–Crippen LogP) is 3.05. The van der Waals surface area contributed by atoms with Crippen molar-refractivity contribution in [2.45, 2.75) is 26.7 Å². The minimum absolute atomic E-state index is 0.166. The molecular formula is C10H13ClO. The van der Waals surface area contributed by atoms with Crippen LogP contribution in [-0.4, -0.2) is 5.78 Å². The van der Waals surface area contributed by atoms with Crippen LogP contribution in [0.25, 0.3) is 0 Å². The van der Waals surface area contributed by atoms with Crippen molar-refractivity contribution in [3.63, 3.8) is 0 Å². The fraction of sp³-hybridized carbons (Fsp3) is 0.500. The summed E-state index contributed by atoms with van der Waals surface area (Å²) in [6.07, 6.45) is 1.37. The van der Waals surface area contributed by atoms with Gasteiger partial charge in [-0.15, -0.1) is 0 Å². The number of halogens is 1. The number of Topliss-reactive ketones (excluding diaryl/α,β-unsaturated/α-hetero) is 1. The van der Waals surface area contributed by atoms with Gasteiger partial charge in [0.15, 0.2) is 5.78 Å². The molecule has 66 valence electrons. The first-order valence-electron chi connectivity index (χ1n) is 4.06. The van der Waals surface area contributed by atoms with Gasteiger partial charge < -0.3 is 0 Å². The normalized spacial score (nSPS) is 24.6. The molecule has 2 heteroatoms. The van der Waals surface area contributed by atoms with E-state index in [4.69, 9.17) is 11.6 Å². The topological polar surface area (TPSA) is 17.1 Å². The van der Waals surface area contributed by atoms with Gasteiger partial charge in [-0.1, -0.05) is 23.8 Å². The Hall–Kier alpha value is -0.560. The molecule has 1 aliphatic rings. The molecule has 0 aromatic heterocycles. The molecule has 0 heterocycles. The van der Waals surface area contributed by atoms with E-state index in [1.165, 1.54) is 0 Å². The van der Waals surface area contributed by atoms with Crippen molar-refractivity contribution in [2.75, 3.05) is 0 Å². The van der Waals surface area contributed by atoms with Crippen molar-refractivity contribution in [3.05, 3.63) is 22.8 Å². The quantitative estimate of drug-likeness (QED) is 0.573. The molecule has 0 aromatic carbocycles. The van der Waals surface area contributed by atoms with Crippen LogP contribution in [0, 0.1) is 5.92 Å². The third-order valence-electron chi connectivity index (χ3n) is 2.38. The van der Waals surface area contributed by atoms with E-state index in [1.54, 1.807) is 6.92 Å². The van der Waals surface area contributed by atoms with E-state index >= 15 is 0 Å². The molecule has 1 atom stereocenters. The van der Waals surface area contributed by atoms with Crippen LogP contribution in [0.1, 0.15) is 26.7 Å². The van der Waals surface area contributed by atoms with Crippen LogP contribution in [0.4, 0.5) is 0 Å². The lowest BCUT2D eigenvalue weighted by atomic mass is 9.85. The molecule has 12 heavy (non-hydrogen) atoms. The highest BCUT2D eigenvalue weighted by Gasteiger charge is 2.24. The van der Waals surface area contributed by atoms with Crippen molar-refractivity contribution < 1.29 is 4.79 Å². The average molecular weight is 185 g/mol. The summed E-state index contributed by atoms with van der Waals surface area (Å²) < 4.78 is 0. The average Bonchev–Trinajstić information content (AvgIpc) is 1.99. The molecule has 0 spiro atoms. The first-order chi connectivity index (χ1) is 5.52. The number of ketones is 1. The van der Waals surface area contributed by atoms with Gasteiger partial charge in [-0.25, -0.2) is 0 Å². The van der Waals surface area contributed by atoms with E-state index in [2.05, 4.69) is 6.58 Å². The molecule has 0 aliphatic heterocycles. The van der Waals surface area contributed by atoms with Gasteiger partial charge >= 0.3 is 0 Å². The largest absolute Gasteiger partial charge is 0.294 e. The summed E-state index contributed by atoms with van der Waals surface area (Å²) in [6, 6.07) is 0. The van der Waals surface area contributed by atoms with Crippen molar-refractivity contribution in [3.8, 4) is 0 Å². The number of carbonyl (C=O) groups is 1. The van der Waals surface area contributed by atoms with Gasteiger partial charge in [0.1, 0.15) is 0 Å². The van der Waals surface area contributed by atoms with Crippen LogP contribution in [0.3, 0.4) is 0 Å². The summed E-state index contributed by atoms with van der Waals surface area (Å²) in [7, 11) is 0. The zero-order valence-electron chi connectivity index (χ0n) is 7.48. The van der Waals surface area contributed by atoms with E-state index in [0.717, 1.165) is 17.6 Å². The second-order valence-electron chi connectivity index (χ2n) is 3.40. The second-order valence-corrected chi connectivity index (χ2v) is 3.86. The van der Waals surface area contributed by atoms with Gasteiger partial charge in [0.25, 0.3) is 0 Å². The maximum atomic E-state index is 11.3. The van der Waals surface area contributed by atoms with E-state index in [9.17, 15) is 4.79 Å². The summed E-state index contributed by atoms with van der Waals surface area (Å²) in [5.41, 5.74) is 1.78. The molecule has 1 unspecified atom stereocenters. The highest BCUT2D eigenvalue weighted by Crippen LogP contribution is 2.32. The van der Waals surface area contributed by atoms with Crippen molar-refractivity contribution in [1.29, 1.82) is 0 Å². The van der Waals surface area contributed by atoms with E-state index in [0.29, 0.717) is 11.5 Å². The highest BCUT2D eigenvalue weighted by molar-refractivity contribution is 6.32. The molecule has 0 fully saturated rings. The Balaban J connectivity index is 2.85. The van der Waals surface area contributed by atoms with Crippen LogP contribution >= 0.6 is 11.6 Å². The zero-order chi connectivity index (χ0) is 9.30. The van der Waals surface area contributed by atoms with Crippen LogP contribution in [0.15, 0.2) is 22.8 Å². The molecule has 1 aliphatic carbocycles. The Morgan fingerprint density at radius 3 is 2.58 bits per heavy atom. The van der Waals surface area contributed by atoms with E-state index in [-0.39, 0.29) is 11.7 Å². The lowest BCUT2D eigenvalue weighted by Gasteiger charge is -2.21. The molecular weight excluding hydrogens is 172 g/mol. The fourth-order valence-corrected chi connectivity index (χ4v) is 1.61. The molecule has 1 rings (SSSR count). The molecule has 0 aromatic rings. The molecule has 1 nitrogen and oxygen atoms in total. The second kappa shape index (κ2) is 3.44. The smallest absolute Gasteiger partial charge is 0.160 e. The Morgan fingerprint density at radius 2 is 2.17 bits per heavy atom. The number of hydrogen-bond acceptors (Lipinski definition) is 1.